The van der Waals surface area contributed by atoms with Crippen molar-refractivity contribution in [3.05, 3.63) is 29.8 Å². The molecule has 3 N–H and O–H groups in total. The van der Waals surface area contributed by atoms with Gasteiger partial charge < -0.3 is 25.3 Å². The Morgan fingerprint density at radius 1 is 1.36 bits per heavy atom. The van der Waals surface area contributed by atoms with Crippen molar-refractivity contribution >= 4 is 11.6 Å². The minimum Gasteiger partial charge on any atom is -0.375 e. The van der Waals surface area contributed by atoms with Crippen LogP contribution in [0.15, 0.2) is 29.3 Å². The fourth-order valence-corrected chi connectivity index (χ4v) is 3.58. The van der Waals surface area contributed by atoms with Crippen LogP contribution in [0.2, 0.25) is 0 Å². The van der Waals surface area contributed by atoms with Crippen LogP contribution >= 0.6 is 0 Å². The lowest BCUT2D eigenvalue weighted by Gasteiger charge is -2.37. The van der Waals surface area contributed by atoms with Crippen LogP contribution in [0.4, 0.5) is 5.69 Å². The Kier molecular flexibility index (Phi) is 5.32. The highest BCUT2D eigenvalue weighted by Crippen LogP contribution is 2.44. The van der Waals surface area contributed by atoms with E-state index < -0.39 is 5.79 Å². The first-order chi connectivity index (χ1) is 12.0. The lowest BCUT2D eigenvalue weighted by atomic mass is 9.75. The molecular weight excluding hydrogens is 318 g/mol. The first-order valence-electron chi connectivity index (χ1n) is 8.97. The summed E-state index contributed by atoms with van der Waals surface area (Å²) >= 11 is 0. The van der Waals surface area contributed by atoms with Gasteiger partial charge in [0.25, 0.3) is 0 Å². The lowest BCUT2D eigenvalue weighted by molar-refractivity contribution is -0.196. The molecule has 25 heavy (non-hydrogen) atoms. The molecule has 1 aromatic carbocycles. The molecule has 2 fully saturated rings. The van der Waals surface area contributed by atoms with E-state index in [1.54, 1.807) is 0 Å². The van der Waals surface area contributed by atoms with Crippen LogP contribution in [0.5, 0.6) is 0 Å². The topological polar surface area (TPSA) is 78.1 Å². The summed E-state index contributed by atoms with van der Waals surface area (Å²) in [6.07, 6.45) is 0.989. The van der Waals surface area contributed by atoms with Gasteiger partial charge in [0.2, 0.25) is 0 Å². The first-order valence-corrected chi connectivity index (χ1v) is 8.97. The zero-order chi connectivity index (χ0) is 17.9. The molecule has 1 unspecified atom stereocenters. The smallest absolute Gasteiger partial charge is 0.197 e. The zero-order valence-corrected chi connectivity index (χ0v) is 15.4. The lowest BCUT2D eigenvalue weighted by Crippen LogP contribution is -2.47. The summed E-state index contributed by atoms with van der Waals surface area (Å²) in [5.41, 5.74) is 8.16. The molecule has 0 amide bonds. The van der Waals surface area contributed by atoms with Gasteiger partial charge in [-0.3, -0.25) is 4.99 Å². The number of nitrogens with two attached hydrogens (primary N) is 1. The third kappa shape index (κ3) is 3.97. The number of hydrogen-bond acceptors (Lipinski definition) is 4. The van der Waals surface area contributed by atoms with E-state index in [4.69, 9.17) is 19.9 Å². The monoisotopic (exact) mass is 347 g/mol. The largest absolute Gasteiger partial charge is 0.375 e. The van der Waals surface area contributed by atoms with Gasteiger partial charge in [0.15, 0.2) is 11.7 Å². The number of nitrogens with zero attached hydrogens (tertiary/aromatic N) is 1. The van der Waals surface area contributed by atoms with Gasteiger partial charge in [-0.25, -0.2) is 0 Å². The first kappa shape index (κ1) is 18.2. The Morgan fingerprint density at radius 3 is 2.84 bits per heavy atom. The normalized spacial score (nSPS) is 23.3. The van der Waals surface area contributed by atoms with Gasteiger partial charge in [0, 0.05) is 18.2 Å². The SMILES string of the molecule is CCc1cccc(NC(N)=NCC(C)(C)C2COCC23OCCO3)c1. The molecule has 6 heteroatoms. The van der Waals surface area contributed by atoms with E-state index in [1.165, 1.54) is 5.56 Å². The van der Waals surface area contributed by atoms with E-state index >= 15 is 0 Å². The molecule has 2 aliphatic rings. The van der Waals surface area contributed by atoms with Crippen molar-refractivity contribution in [2.75, 3.05) is 38.3 Å². The molecule has 0 bridgehead atoms. The number of benzene rings is 1. The summed E-state index contributed by atoms with van der Waals surface area (Å²) in [6, 6.07) is 8.20. The molecule has 2 saturated heterocycles. The Balaban J connectivity index is 1.64. The maximum atomic E-state index is 6.09. The van der Waals surface area contributed by atoms with E-state index in [9.17, 15) is 0 Å². The Morgan fingerprint density at radius 2 is 2.12 bits per heavy atom. The molecule has 3 rings (SSSR count). The highest BCUT2D eigenvalue weighted by molar-refractivity contribution is 5.92. The Bertz CT molecular complexity index is 619. The average molecular weight is 347 g/mol. The molecular formula is C19H29N3O3. The summed E-state index contributed by atoms with van der Waals surface area (Å²) < 4.78 is 17.4. The summed E-state index contributed by atoms with van der Waals surface area (Å²) in [5, 5.41) is 3.17. The van der Waals surface area contributed by atoms with Crippen molar-refractivity contribution in [1.29, 1.82) is 0 Å². The predicted octanol–water partition coefficient (Wildman–Crippen LogP) is 2.39. The van der Waals surface area contributed by atoms with Crippen LogP contribution in [-0.4, -0.2) is 44.7 Å². The van der Waals surface area contributed by atoms with Crippen molar-refractivity contribution < 1.29 is 14.2 Å². The molecule has 0 aromatic heterocycles. The van der Waals surface area contributed by atoms with Gasteiger partial charge in [-0.15, -0.1) is 0 Å². The number of ether oxygens (including phenoxy) is 3. The minimum absolute atomic E-state index is 0.127. The Hall–Kier alpha value is -1.63. The standard InChI is InChI=1S/C19H29N3O3/c1-4-14-6-5-7-15(10-14)22-17(20)21-12-18(2,3)16-11-23-13-19(16)24-8-9-25-19/h5-7,10,16H,4,8-9,11-13H2,1-3H3,(H3,20,21,22). The van der Waals surface area contributed by atoms with E-state index in [0.29, 0.717) is 38.9 Å². The van der Waals surface area contributed by atoms with Crippen molar-refractivity contribution in [3.63, 3.8) is 0 Å². The van der Waals surface area contributed by atoms with Crippen molar-refractivity contribution in [3.8, 4) is 0 Å². The fourth-order valence-electron chi connectivity index (χ4n) is 3.58. The van der Waals surface area contributed by atoms with E-state index in [2.05, 4.69) is 43.2 Å². The second-order valence-electron chi connectivity index (χ2n) is 7.45. The van der Waals surface area contributed by atoms with Gasteiger partial charge in [0.1, 0.15) is 6.61 Å². The van der Waals surface area contributed by atoms with Gasteiger partial charge in [-0.2, -0.15) is 0 Å². The van der Waals surface area contributed by atoms with Crippen LogP contribution in [-0.2, 0) is 20.6 Å². The van der Waals surface area contributed by atoms with Crippen molar-refractivity contribution in [1.82, 2.24) is 0 Å². The molecule has 0 radical (unpaired) electrons. The van der Waals surface area contributed by atoms with Gasteiger partial charge >= 0.3 is 0 Å². The van der Waals surface area contributed by atoms with Crippen LogP contribution in [0.1, 0.15) is 26.3 Å². The van der Waals surface area contributed by atoms with Crippen LogP contribution in [0.25, 0.3) is 0 Å². The Labute approximate surface area is 149 Å². The summed E-state index contributed by atoms with van der Waals surface area (Å²) in [7, 11) is 0. The molecule has 2 heterocycles. The zero-order valence-electron chi connectivity index (χ0n) is 15.4. The summed E-state index contributed by atoms with van der Waals surface area (Å²) in [6.45, 7) is 9.37. The molecule has 2 aliphatic heterocycles. The van der Waals surface area contributed by atoms with Gasteiger partial charge in [0.05, 0.1) is 19.8 Å². The second-order valence-corrected chi connectivity index (χ2v) is 7.45. The van der Waals surface area contributed by atoms with Crippen LogP contribution in [0, 0.1) is 11.3 Å². The average Bonchev–Trinajstić information content (AvgIpc) is 3.24. The highest BCUT2D eigenvalue weighted by atomic mass is 16.8. The van der Waals surface area contributed by atoms with E-state index in [0.717, 1.165) is 12.1 Å². The van der Waals surface area contributed by atoms with E-state index in [-0.39, 0.29) is 11.3 Å². The van der Waals surface area contributed by atoms with Crippen LogP contribution in [0.3, 0.4) is 0 Å². The van der Waals surface area contributed by atoms with Crippen LogP contribution < -0.4 is 11.1 Å². The molecule has 6 nitrogen and oxygen atoms in total. The molecule has 0 aliphatic carbocycles. The molecule has 1 atom stereocenters. The maximum Gasteiger partial charge on any atom is 0.197 e. The number of nitrogens with one attached hydrogen (secondary N) is 1. The number of aliphatic imine (C=N–C) groups is 1. The maximum absolute atomic E-state index is 6.09. The minimum atomic E-state index is -0.614. The number of aryl methyl sites for hydroxylation is 1. The highest BCUT2D eigenvalue weighted by Gasteiger charge is 2.55. The molecule has 138 valence electrons. The van der Waals surface area contributed by atoms with Crippen molar-refractivity contribution in [2.24, 2.45) is 22.1 Å². The number of anilines is 1. The summed E-state index contributed by atoms with van der Waals surface area (Å²) in [5.74, 6) is -0.0681. The molecule has 0 saturated carbocycles. The number of hydrogen-bond donors (Lipinski definition) is 2. The van der Waals surface area contributed by atoms with Crippen molar-refractivity contribution in [2.45, 2.75) is 33.0 Å². The third-order valence-corrected chi connectivity index (χ3v) is 5.10. The second kappa shape index (κ2) is 7.32. The van der Waals surface area contributed by atoms with Gasteiger partial charge in [-0.1, -0.05) is 32.9 Å². The molecule has 1 spiro atoms. The van der Waals surface area contributed by atoms with Gasteiger partial charge in [-0.05, 0) is 29.5 Å². The quantitative estimate of drug-likeness (QED) is 0.632. The fraction of sp³-hybridized carbons (Fsp3) is 0.632. The predicted molar refractivity (Wildman–Crippen MR) is 98.7 cm³/mol. The number of rotatable bonds is 5. The third-order valence-electron chi connectivity index (χ3n) is 5.10. The van der Waals surface area contributed by atoms with E-state index in [1.807, 2.05) is 12.1 Å². The molecule has 1 aromatic rings. The summed E-state index contributed by atoms with van der Waals surface area (Å²) in [4.78, 5) is 4.56. The number of guanidine groups is 1.